The van der Waals surface area contributed by atoms with Crippen LogP contribution in [0.2, 0.25) is 0 Å². The SMILES string of the molecule is CC(C)[C@H](N)C(=O)C[C@@H](CCCNC(N)=O)C(=O)Nc1ccc(CC(C)(C)C)cc1. The molecule has 1 rings (SSSR count). The highest BCUT2D eigenvalue weighted by molar-refractivity contribution is 5.96. The molecule has 7 nitrogen and oxygen atoms in total. The van der Waals surface area contributed by atoms with Crippen LogP contribution in [0.25, 0.3) is 0 Å². The molecule has 3 amide bonds. The van der Waals surface area contributed by atoms with E-state index in [4.69, 9.17) is 11.5 Å². The number of ketones is 1. The monoisotopic (exact) mass is 418 g/mol. The summed E-state index contributed by atoms with van der Waals surface area (Å²) >= 11 is 0. The van der Waals surface area contributed by atoms with Crippen molar-refractivity contribution in [2.75, 3.05) is 11.9 Å². The van der Waals surface area contributed by atoms with Crippen LogP contribution in [0.3, 0.4) is 0 Å². The van der Waals surface area contributed by atoms with Gasteiger partial charge in [-0.1, -0.05) is 46.8 Å². The zero-order valence-corrected chi connectivity index (χ0v) is 19.0. The summed E-state index contributed by atoms with van der Waals surface area (Å²) in [7, 11) is 0. The van der Waals surface area contributed by atoms with Gasteiger partial charge in [-0.25, -0.2) is 4.79 Å². The van der Waals surface area contributed by atoms with E-state index in [-0.39, 0.29) is 29.4 Å². The molecule has 6 N–H and O–H groups in total. The molecule has 0 aliphatic heterocycles. The lowest BCUT2D eigenvalue weighted by Crippen LogP contribution is -2.38. The minimum atomic E-state index is -0.607. The second kappa shape index (κ2) is 11.7. The van der Waals surface area contributed by atoms with Gasteiger partial charge in [-0.15, -0.1) is 0 Å². The van der Waals surface area contributed by atoms with Gasteiger partial charge >= 0.3 is 6.03 Å². The minimum Gasteiger partial charge on any atom is -0.352 e. The van der Waals surface area contributed by atoms with Crippen molar-refractivity contribution >= 4 is 23.4 Å². The molecule has 0 aliphatic carbocycles. The highest BCUT2D eigenvalue weighted by Gasteiger charge is 2.26. The molecule has 168 valence electrons. The Labute approximate surface area is 180 Å². The minimum absolute atomic E-state index is 0.00750. The quantitative estimate of drug-likeness (QED) is 0.411. The number of hydrogen-bond acceptors (Lipinski definition) is 4. The standard InChI is InChI=1S/C23H38N4O3/c1-15(2)20(24)19(28)13-17(7-6-12-26-22(25)30)21(29)27-18-10-8-16(9-11-18)14-23(3,4)5/h8-11,15,17,20H,6-7,12-14,24H2,1-5H3,(H,27,29)(H3,25,26,30)/t17-,20+/m1/s1. The Morgan fingerprint density at radius 3 is 2.17 bits per heavy atom. The number of hydrogen-bond donors (Lipinski definition) is 4. The maximum atomic E-state index is 12.9. The van der Waals surface area contributed by atoms with E-state index in [1.165, 1.54) is 5.56 Å². The summed E-state index contributed by atoms with van der Waals surface area (Å²) in [6, 6.07) is 6.57. The predicted octanol–water partition coefficient (Wildman–Crippen LogP) is 3.22. The Bertz CT molecular complexity index is 708. The van der Waals surface area contributed by atoms with Gasteiger partial charge in [-0.3, -0.25) is 9.59 Å². The number of Topliss-reactive ketones (excluding diaryl/α,β-unsaturated/α-hetero) is 1. The number of urea groups is 1. The summed E-state index contributed by atoms with van der Waals surface area (Å²) in [5, 5.41) is 5.42. The molecule has 0 spiro atoms. The van der Waals surface area contributed by atoms with Crippen LogP contribution in [-0.4, -0.2) is 30.3 Å². The first-order valence-electron chi connectivity index (χ1n) is 10.6. The van der Waals surface area contributed by atoms with Crippen molar-refractivity contribution in [2.24, 2.45) is 28.7 Å². The molecular formula is C23H38N4O3. The van der Waals surface area contributed by atoms with E-state index < -0.39 is 18.0 Å². The smallest absolute Gasteiger partial charge is 0.312 e. The van der Waals surface area contributed by atoms with Crippen molar-refractivity contribution in [1.29, 1.82) is 0 Å². The van der Waals surface area contributed by atoms with Crippen molar-refractivity contribution in [3.8, 4) is 0 Å². The number of nitrogens with two attached hydrogens (primary N) is 2. The number of benzene rings is 1. The van der Waals surface area contributed by atoms with E-state index in [1.807, 2.05) is 38.1 Å². The van der Waals surface area contributed by atoms with E-state index >= 15 is 0 Å². The fraction of sp³-hybridized carbons (Fsp3) is 0.609. The fourth-order valence-electron chi connectivity index (χ4n) is 3.20. The molecule has 1 aromatic carbocycles. The molecule has 0 saturated carbocycles. The molecule has 0 aromatic heterocycles. The third-order valence-electron chi connectivity index (χ3n) is 4.89. The number of amides is 3. The van der Waals surface area contributed by atoms with Crippen molar-refractivity contribution in [3.05, 3.63) is 29.8 Å². The molecule has 0 fully saturated rings. The first kappa shape index (κ1) is 25.6. The number of rotatable bonds is 11. The van der Waals surface area contributed by atoms with Gasteiger partial charge in [0.2, 0.25) is 5.91 Å². The Kier molecular flexibility index (Phi) is 9.99. The second-order valence-corrected chi connectivity index (χ2v) is 9.49. The average molecular weight is 419 g/mol. The van der Waals surface area contributed by atoms with Gasteiger partial charge in [0.15, 0.2) is 5.78 Å². The maximum Gasteiger partial charge on any atom is 0.312 e. The predicted molar refractivity (Wildman–Crippen MR) is 121 cm³/mol. The van der Waals surface area contributed by atoms with E-state index in [9.17, 15) is 14.4 Å². The van der Waals surface area contributed by atoms with Crippen molar-refractivity contribution in [2.45, 2.75) is 66.3 Å². The lowest BCUT2D eigenvalue weighted by molar-refractivity contribution is -0.127. The van der Waals surface area contributed by atoms with E-state index in [0.717, 1.165) is 6.42 Å². The Morgan fingerprint density at radius 1 is 1.07 bits per heavy atom. The van der Waals surface area contributed by atoms with Crippen LogP contribution in [0.1, 0.15) is 59.4 Å². The average Bonchev–Trinajstić information content (AvgIpc) is 2.63. The van der Waals surface area contributed by atoms with E-state index in [2.05, 4.69) is 31.4 Å². The Hall–Kier alpha value is -2.41. The number of primary amides is 1. The number of anilines is 1. The molecule has 0 heterocycles. The van der Waals surface area contributed by atoms with Gasteiger partial charge in [-0.05, 0) is 48.3 Å². The van der Waals surface area contributed by atoms with Gasteiger partial charge in [-0.2, -0.15) is 0 Å². The lowest BCUT2D eigenvalue weighted by Gasteiger charge is -2.21. The van der Waals surface area contributed by atoms with Gasteiger partial charge in [0, 0.05) is 24.6 Å². The third-order valence-corrected chi connectivity index (χ3v) is 4.89. The van der Waals surface area contributed by atoms with E-state index in [1.54, 1.807) is 0 Å². The summed E-state index contributed by atoms with van der Waals surface area (Å²) in [5.74, 6) is -0.866. The summed E-state index contributed by atoms with van der Waals surface area (Å²) in [4.78, 5) is 36.2. The van der Waals surface area contributed by atoms with Crippen LogP contribution in [-0.2, 0) is 16.0 Å². The number of carbonyl (C=O) groups excluding carboxylic acids is 3. The normalized spacial score (nSPS) is 13.6. The molecule has 30 heavy (non-hydrogen) atoms. The van der Waals surface area contributed by atoms with Gasteiger partial charge < -0.3 is 22.1 Å². The highest BCUT2D eigenvalue weighted by atomic mass is 16.2. The lowest BCUT2D eigenvalue weighted by atomic mass is 9.88. The van der Waals surface area contributed by atoms with Crippen molar-refractivity contribution < 1.29 is 14.4 Å². The summed E-state index contributed by atoms with van der Waals surface area (Å²) in [5.41, 5.74) is 13.1. The van der Waals surface area contributed by atoms with Gasteiger partial charge in [0.25, 0.3) is 0 Å². The van der Waals surface area contributed by atoms with Gasteiger partial charge in [0.05, 0.1) is 6.04 Å². The van der Waals surface area contributed by atoms with Crippen LogP contribution >= 0.6 is 0 Å². The molecule has 0 unspecified atom stereocenters. The maximum absolute atomic E-state index is 12.9. The molecule has 1 aromatic rings. The van der Waals surface area contributed by atoms with Crippen LogP contribution in [0.15, 0.2) is 24.3 Å². The molecule has 0 aliphatic rings. The van der Waals surface area contributed by atoms with Crippen molar-refractivity contribution in [3.63, 3.8) is 0 Å². The third kappa shape index (κ3) is 9.87. The Balaban J connectivity index is 2.79. The molecule has 0 bridgehead atoms. The van der Waals surface area contributed by atoms with Crippen LogP contribution in [0.4, 0.5) is 10.5 Å². The molecule has 7 heteroatoms. The van der Waals surface area contributed by atoms with Crippen LogP contribution in [0, 0.1) is 17.3 Å². The molecule has 2 atom stereocenters. The zero-order chi connectivity index (χ0) is 22.9. The number of carbonyl (C=O) groups is 3. The van der Waals surface area contributed by atoms with Crippen LogP contribution in [0.5, 0.6) is 0 Å². The summed E-state index contributed by atoms with van der Waals surface area (Å²) in [6.07, 6.45) is 2.00. The Morgan fingerprint density at radius 2 is 1.67 bits per heavy atom. The number of nitrogens with one attached hydrogen (secondary N) is 2. The van der Waals surface area contributed by atoms with E-state index in [0.29, 0.717) is 25.1 Å². The van der Waals surface area contributed by atoms with Crippen molar-refractivity contribution in [1.82, 2.24) is 5.32 Å². The summed E-state index contributed by atoms with van der Waals surface area (Å²) < 4.78 is 0. The first-order chi connectivity index (χ1) is 13.9. The second-order valence-electron chi connectivity index (χ2n) is 9.49. The highest BCUT2D eigenvalue weighted by Crippen LogP contribution is 2.22. The summed E-state index contributed by atoms with van der Waals surface area (Å²) in [6.45, 7) is 10.7. The largest absolute Gasteiger partial charge is 0.352 e. The van der Waals surface area contributed by atoms with Gasteiger partial charge in [0.1, 0.15) is 0 Å². The van der Waals surface area contributed by atoms with Crippen LogP contribution < -0.4 is 22.1 Å². The first-order valence-corrected chi connectivity index (χ1v) is 10.6. The molecule has 0 radical (unpaired) electrons. The fourth-order valence-corrected chi connectivity index (χ4v) is 3.20. The molecule has 0 saturated heterocycles. The zero-order valence-electron chi connectivity index (χ0n) is 19.0. The molecular weight excluding hydrogens is 380 g/mol. The topological polar surface area (TPSA) is 127 Å².